The molecule has 1 N–H and O–H groups in total. The summed E-state index contributed by atoms with van der Waals surface area (Å²) < 4.78 is 36.8. The zero-order chi connectivity index (χ0) is 22.5. The summed E-state index contributed by atoms with van der Waals surface area (Å²) in [4.78, 5) is 13.3. The van der Waals surface area contributed by atoms with Crippen molar-refractivity contribution < 1.29 is 22.7 Å². The first-order chi connectivity index (χ1) is 14.2. The van der Waals surface area contributed by atoms with Crippen LogP contribution >= 0.6 is 0 Å². The molecule has 0 heterocycles. The average molecular weight is 435 g/mol. The number of hydrogen-bond donors (Lipinski definition) is 1. The molecule has 0 spiro atoms. The highest BCUT2D eigenvalue weighted by Gasteiger charge is 2.25. The molecule has 0 unspecified atom stereocenters. The monoisotopic (exact) mass is 434 g/mol. The number of carbonyl (C=O) groups excluding carboxylic acids is 1. The third-order valence-electron chi connectivity index (χ3n) is 5.11. The lowest BCUT2D eigenvalue weighted by Crippen LogP contribution is -2.30. The Labute approximate surface area is 179 Å². The number of nitrogens with one attached hydrogen (secondary N) is 1. The van der Waals surface area contributed by atoms with E-state index in [4.69, 9.17) is 9.47 Å². The van der Waals surface area contributed by atoms with Gasteiger partial charge in [-0.3, -0.25) is 9.10 Å². The average Bonchev–Trinajstić information content (AvgIpc) is 2.77. The molecule has 8 heteroatoms. The standard InChI is InChI=1S/C22H30N2O5S/c1-7-15-11-10-12-16(8-2)21(15)23-22(25)17-13-19(28-5)20(29-6)14-18(17)24(4)30(26,27)9-3/h10-14H,7-9H2,1-6H3,(H,23,25). The van der Waals surface area contributed by atoms with Gasteiger partial charge in [-0.25, -0.2) is 8.42 Å². The predicted octanol–water partition coefficient (Wildman–Crippen LogP) is 3.87. The van der Waals surface area contributed by atoms with Gasteiger partial charge in [0.15, 0.2) is 11.5 Å². The summed E-state index contributed by atoms with van der Waals surface area (Å²) in [5, 5.41) is 2.99. The Kier molecular flexibility index (Phi) is 7.72. The summed E-state index contributed by atoms with van der Waals surface area (Å²) in [5.41, 5.74) is 3.19. The molecule has 2 aromatic rings. The van der Waals surface area contributed by atoms with Crippen molar-refractivity contribution >= 4 is 27.3 Å². The van der Waals surface area contributed by atoms with E-state index in [1.807, 2.05) is 32.0 Å². The summed E-state index contributed by atoms with van der Waals surface area (Å²) in [6.45, 7) is 5.60. The third kappa shape index (κ3) is 4.70. The van der Waals surface area contributed by atoms with Crippen molar-refractivity contribution in [3.63, 3.8) is 0 Å². The fourth-order valence-electron chi connectivity index (χ4n) is 3.24. The summed E-state index contributed by atoms with van der Waals surface area (Å²) in [6.07, 6.45) is 1.51. The Bertz CT molecular complexity index is 996. The van der Waals surface area contributed by atoms with Crippen molar-refractivity contribution in [1.29, 1.82) is 0 Å². The summed E-state index contributed by atoms with van der Waals surface area (Å²) in [5.74, 6) is 0.163. The van der Waals surface area contributed by atoms with E-state index < -0.39 is 15.9 Å². The molecule has 0 fully saturated rings. The van der Waals surface area contributed by atoms with Gasteiger partial charge in [0.05, 0.1) is 31.2 Å². The molecule has 0 aromatic heterocycles. The molecule has 0 aliphatic carbocycles. The second-order valence-corrected chi connectivity index (χ2v) is 8.99. The highest BCUT2D eigenvalue weighted by molar-refractivity contribution is 7.92. The van der Waals surface area contributed by atoms with Crippen LogP contribution in [0, 0.1) is 0 Å². The number of ether oxygens (including phenoxy) is 2. The van der Waals surface area contributed by atoms with Crippen molar-refractivity contribution in [3.05, 3.63) is 47.0 Å². The largest absolute Gasteiger partial charge is 0.493 e. The molecule has 30 heavy (non-hydrogen) atoms. The lowest BCUT2D eigenvalue weighted by molar-refractivity contribution is 0.102. The normalized spacial score (nSPS) is 11.1. The van der Waals surface area contributed by atoms with Crippen molar-refractivity contribution in [2.45, 2.75) is 33.6 Å². The molecule has 1 amide bonds. The van der Waals surface area contributed by atoms with E-state index in [-0.39, 0.29) is 17.0 Å². The molecule has 0 aliphatic heterocycles. The topological polar surface area (TPSA) is 84.9 Å². The fourth-order valence-corrected chi connectivity index (χ4v) is 4.08. The maximum atomic E-state index is 13.3. The number of carbonyl (C=O) groups is 1. The van der Waals surface area contributed by atoms with E-state index in [0.717, 1.165) is 34.0 Å². The van der Waals surface area contributed by atoms with Crippen LogP contribution < -0.4 is 19.1 Å². The van der Waals surface area contributed by atoms with Gasteiger partial charge in [0, 0.05) is 18.8 Å². The zero-order valence-electron chi connectivity index (χ0n) is 18.4. The molecule has 2 aromatic carbocycles. The highest BCUT2D eigenvalue weighted by Crippen LogP contribution is 2.36. The molecule has 7 nitrogen and oxygen atoms in total. The van der Waals surface area contributed by atoms with E-state index in [1.165, 1.54) is 33.4 Å². The Balaban J connectivity index is 2.64. The van der Waals surface area contributed by atoms with E-state index in [9.17, 15) is 13.2 Å². The van der Waals surface area contributed by atoms with Crippen molar-refractivity contribution in [1.82, 2.24) is 0 Å². The molecule has 0 saturated carbocycles. The maximum Gasteiger partial charge on any atom is 0.257 e. The Morgan fingerprint density at radius 2 is 1.53 bits per heavy atom. The number of methoxy groups -OCH3 is 2. The number of para-hydroxylation sites is 1. The minimum absolute atomic E-state index is 0.0996. The first kappa shape index (κ1) is 23.5. The fraction of sp³-hybridized carbons (Fsp3) is 0.409. The number of nitrogens with zero attached hydrogens (tertiary/aromatic N) is 1. The number of sulfonamides is 1. The molecule has 0 saturated heterocycles. The summed E-state index contributed by atoms with van der Waals surface area (Å²) >= 11 is 0. The number of aryl methyl sites for hydroxylation is 2. The second kappa shape index (κ2) is 9.84. The van der Waals surface area contributed by atoms with Gasteiger partial charge >= 0.3 is 0 Å². The van der Waals surface area contributed by atoms with Gasteiger partial charge in [0.2, 0.25) is 10.0 Å². The second-order valence-electron chi connectivity index (χ2n) is 6.70. The molecule has 0 atom stereocenters. The molecule has 0 bridgehead atoms. The van der Waals surface area contributed by atoms with E-state index >= 15 is 0 Å². The van der Waals surface area contributed by atoms with Crippen LogP contribution in [0.1, 0.15) is 42.3 Å². The lowest BCUT2D eigenvalue weighted by Gasteiger charge is -2.23. The van der Waals surface area contributed by atoms with Crippen LogP contribution in [-0.2, 0) is 22.9 Å². The van der Waals surface area contributed by atoms with Gasteiger partial charge in [-0.2, -0.15) is 0 Å². The van der Waals surface area contributed by atoms with Crippen LogP contribution in [0.25, 0.3) is 0 Å². The Morgan fingerprint density at radius 3 is 2.00 bits per heavy atom. The van der Waals surface area contributed by atoms with Crippen LogP contribution in [0.5, 0.6) is 11.5 Å². The Morgan fingerprint density at radius 1 is 1.00 bits per heavy atom. The van der Waals surface area contributed by atoms with Crippen LogP contribution in [0.15, 0.2) is 30.3 Å². The lowest BCUT2D eigenvalue weighted by atomic mass is 10.0. The zero-order valence-corrected chi connectivity index (χ0v) is 19.2. The van der Waals surface area contributed by atoms with Crippen molar-refractivity contribution in [3.8, 4) is 11.5 Å². The number of hydrogen-bond acceptors (Lipinski definition) is 5. The van der Waals surface area contributed by atoms with E-state index in [2.05, 4.69) is 5.32 Å². The number of rotatable bonds is 9. The number of amides is 1. The SMILES string of the molecule is CCc1cccc(CC)c1NC(=O)c1cc(OC)c(OC)cc1N(C)S(=O)(=O)CC. The van der Waals surface area contributed by atoms with Gasteiger partial charge in [-0.15, -0.1) is 0 Å². The van der Waals surface area contributed by atoms with Crippen LogP contribution in [0.3, 0.4) is 0 Å². The minimum atomic E-state index is -3.59. The highest BCUT2D eigenvalue weighted by atomic mass is 32.2. The molecule has 2 rings (SSSR count). The molecule has 164 valence electrons. The van der Waals surface area contributed by atoms with Gasteiger partial charge in [0.25, 0.3) is 5.91 Å². The van der Waals surface area contributed by atoms with Gasteiger partial charge in [-0.05, 0) is 37.0 Å². The first-order valence-corrected chi connectivity index (χ1v) is 11.5. The predicted molar refractivity (Wildman–Crippen MR) is 121 cm³/mol. The van der Waals surface area contributed by atoms with Crippen LogP contribution in [-0.4, -0.2) is 41.3 Å². The van der Waals surface area contributed by atoms with Gasteiger partial charge in [-0.1, -0.05) is 32.0 Å². The van der Waals surface area contributed by atoms with Gasteiger partial charge in [0.1, 0.15) is 0 Å². The molecular formula is C22H30N2O5S. The summed E-state index contributed by atoms with van der Waals surface area (Å²) in [7, 11) is 0.756. The quantitative estimate of drug-likeness (QED) is 0.648. The van der Waals surface area contributed by atoms with E-state index in [1.54, 1.807) is 6.92 Å². The summed E-state index contributed by atoms with van der Waals surface area (Å²) in [6, 6.07) is 8.92. The van der Waals surface area contributed by atoms with Crippen LogP contribution in [0.4, 0.5) is 11.4 Å². The smallest absolute Gasteiger partial charge is 0.257 e. The maximum absolute atomic E-state index is 13.3. The third-order valence-corrected chi connectivity index (χ3v) is 6.87. The molecule has 0 radical (unpaired) electrons. The Hall–Kier alpha value is -2.74. The molecular weight excluding hydrogens is 404 g/mol. The first-order valence-electron chi connectivity index (χ1n) is 9.88. The number of anilines is 2. The minimum Gasteiger partial charge on any atom is -0.493 e. The van der Waals surface area contributed by atoms with Crippen molar-refractivity contribution in [2.24, 2.45) is 0 Å². The number of benzene rings is 2. The van der Waals surface area contributed by atoms with E-state index in [0.29, 0.717) is 11.5 Å². The van der Waals surface area contributed by atoms with Gasteiger partial charge < -0.3 is 14.8 Å². The molecule has 0 aliphatic rings. The van der Waals surface area contributed by atoms with Crippen LogP contribution in [0.2, 0.25) is 0 Å². The van der Waals surface area contributed by atoms with Crippen molar-refractivity contribution in [2.75, 3.05) is 36.6 Å².